The number of hydrogen-bond acceptors (Lipinski definition) is 3. The van der Waals surface area contributed by atoms with Gasteiger partial charge in [-0.05, 0) is 24.3 Å². The summed E-state index contributed by atoms with van der Waals surface area (Å²) in [7, 11) is 0. The first-order valence-corrected chi connectivity index (χ1v) is 7.42. The molecule has 0 aliphatic carbocycles. The largest absolute Gasteiger partial charge is 0.393 e. The van der Waals surface area contributed by atoms with Crippen molar-refractivity contribution >= 4 is 23.2 Å². The molecule has 2 heterocycles. The van der Waals surface area contributed by atoms with Gasteiger partial charge >= 0.3 is 6.18 Å². The molecule has 2 rings (SSSR count). The molecule has 0 radical (unpaired) electrons. The van der Waals surface area contributed by atoms with Crippen molar-refractivity contribution in [3.05, 3.63) is 22.4 Å². The summed E-state index contributed by atoms with van der Waals surface area (Å²) in [6.07, 6.45) is -3.90. The Balaban J connectivity index is 1.84. The highest BCUT2D eigenvalue weighted by molar-refractivity contribution is 7.12. The van der Waals surface area contributed by atoms with E-state index in [1.807, 2.05) is 0 Å². The fourth-order valence-corrected chi connectivity index (χ4v) is 2.87. The van der Waals surface area contributed by atoms with Crippen LogP contribution in [0.2, 0.25) is 0 Å². The topological polar surface area (TPSA) is 49.4 Å². The molecule has 1 fully saturated rings. The van der Waals surface area contributed by atoms with E-state index in [9.17, 15) is 22.8 Å². The molecule has 1 aliphatic heterocycles. The number of thiophene rings is 1. The van der Waals surface area contributed by atoms with Gasteiger partial charge in [0.1, 0.15) is 0 Å². The van der Waals surface area contributed by atoms with E-state index in [1.54, 1.807) is 17.5 Å². The summed E-state index contributed by atoms with van der Waals surface area (Å²) in [5.74, 6) is -2.33. The molecule has 2 amide bonds. The molecular weight excluding hydrogens is 305 g/mol. The van der Waals surface area contributed by atoms with Gasteiger partial charge in [0, 0.05) is 13.1 Å². The Morgan fingerprint density at radius 1 is 1.43 bits per heavy atom. The number of halogens is 3. The lowest BCUT2D eigenvalue weighted by Crippen LogP contribution is -2.47. The average molecular weight is 320 g/mol. The Morgan fingerprint density at radius 3 is 2.81 bits per heavy atom. The molecule has 0 spiro atoms. The molecule has 1 aromatic heterocycles. The summed E-state index contributed by atoms with van der Waals surface area (Å²) >= 11 is 1.24. The number of rotatable bonds is 3. The van der Waals surface area contributed by atoms with Gasteiger partial charge in [-0.1, -0.05) is 6.07 Å². The zero-order valence-corrected chi connectivity index (χ0v) is 12.0. The van der Waals surface area contributed by atoms with Crippen molar-refractivity contribution in [2.24, 2.45) is 5.92 Å². The minimum absolute atomic E-state index is 0.0504. The normalized spacial score (nSPS) is 19.4. The second-order valence-electron chi connectivity index (χ2n) is 4.88. The van der Waals surface area contributed by atoms with E-state index < -0.39 is 18.0 Å². The molecule has 21 heavy (non-hydrogen) atoms. The minimum atomic E-state index is -4.28. The standard InChI is InChI=1S/C13H15F3N2O2S/c14-13(15,16)9-3-1-5-18(8-9)11(19)7-17-12(20)10-4-2-6-21-10/h2,4,6,9H,1,3,5,7-8H2,(H,17,20)/t9-/m0/s1. The van der Waals surface area contributed by atoms with Crippen LogP contribution in [0.5, 0.6) is 0 Å². The molecule has 116 valence electrons. The number of piperidine rings is 1. The number of amides is 2. The van der Waals surface area contributed by atoms with Gasteiger partial charge < -0.3 is 10.2 Å². The van der Waals surface area contributed by atoms with Gasteiger partial charge in [-0.15, -0.1) is 11.3 Å². The van der Waals surface area contributed by atoms with Crippen LogP contribution in [0.15, 0.2) is 17.5 Å². The fourth-order valence-electron chi connectivity index (χ4n) is 2.23. The number of alkyl halides is 3. The first-order valence-electron chi connectivity index (χ1n) is 6.54. The van der Waals surface area contributed by atoms with E-state index in [-0.39, 0.29) is 25.4 Å². The maximum atomic E-state index is 12.7. The van der Waals surface area contributed by atoms with Crippen molar-refractivity contribution < 1.29 is 22.8 Å². The molecule has 1 atom stereocenters. The molecule has 0 saturated carbocycles. The van der Waals surface area contributed by atoms with Crippen LogP contribution >= 0.6 is 11.3 Å². The summed E-state index contributed by atoms with van der Waals surface area (Å²) in [4.78, 5) is 25.2. The molecule has 1 aliphatic rings. The third kappa shape index (κ3) is 4.20. The molecule has 8 heteroatoms. The third-order valence-corrected chi connectivity index (χ3v) is 4.25. The summed E-state index contributed by atoms with van der Waals surface area (Å²) in [6, 6.07) is 3.32. The van der Waals surface area contributed by atoms with Gasteiger partial charge in [-0.2, -0.15) is 13.2 Å². The Kier molecular flexibility index (Phi) is 4.87. The number of nitrogens with zero attached hydrogens (tertiary/aromatic N) is 1. The van der Waals surface area contributed by atoms with Crippen LogP contribution in [-0.2, 0) is 4.79 Å². The quantitative estimate of drug-likeness (QED) is 0.929. The first kappa shape index (κ1) is 15.8. The molecule has 1 N–H and O–H groups in total. The highest BCUT2D eigenvalue weighted by Gasteiger charge is 2.42. The Labute approximate surface area is 123 Å². The number of carbonyl (C=O) groups is 2. The Hall–Kier alpha value is -1.57. The van der Waals surface area contributed by atoms with Crippen LogP contribution in [0.1, 0.15) is 22.5 Å². The summed E-state index contributed by atoms with van der Waals surface area (Å²) in [5.41, 5.74) is 0. The lowest BCUT2D eigenvalue weighted by atomic mass is 9.97. The lowest BCUT2D eigenvalue weighted by molar-refractivity contribution is -0.187. The second kappa shape index (κ2) is 6.46. The smallest absolute Gasteiger partial charge is 0.342 e. The third-order valence-electron chi connectivity index (χ3n) is 3.38. The number of hydrogen-bond donors (Lipinski definition) is 1. The average Bonchev–Trinajstić information content (AvgIpc) is 2.98. The van der Waals surface area contributed by atoms with E-state index in [0.29, 0.717) is 17.8 Å². The fraction of sp³-hybridized carbons (Fsp3) is 0.538. The van der Waals surface area contributed by atoms with Crippen LogP contribution in [0.4, 0.5) is 13.2 Å². The minimum Gasteiger partial charge on any atom is -0.342 e. The summed E-state index contributed by atoms with van der Waals surface area (Å²) in [6.45, 7) is -0.293. The molecule has 1 saturated heterocycles. The van der Waals surface area contributed by atoms with E-state index in [1.165, 1.54) is 16.2 Å². The second-order valence-corrected chi connectivity index (χ2v) is 5.83. The van der Waals surface area contributed by atoms with Crippen molar-refractivity contribution in [2.75, 3.05) is 19.6 Å². The molecule has 0 unspecified atom stereocenters. The van der Waals surface area contributed by atoms with Crippen molar-refractivity contribution in [1.29, 1.82) is 0 Å². The lowest BCUT2D eigenvalue weighted by Gasteiger charge is -2.33. The van der Waals surface area contributed by atoms with Crippen LogP contribution in [0, 0.1) is 5.92 Å². The van der Waals surface area contributed by atoms with Gasteiger partial charge in [0.25, 0.3) is 5.91 Å². The molecular formula is C13H15F3N2O2S. The van der Waals surface area contributed by atoms with Crippen LogP contribution < -0.4 is 5.32 Å². The van der Waals surface area contributed by atoms with Gasteiger partial charge in [0.15, 0.2) is 0 Å². The Bertz CT molecular complexity index is 502. The van der Waals surface area contributed by atoms with Crippen molar-refractivity contribution in [1.82, 2.24) is 10.2 Å². The number of likely N-dealkylation sites (tertiary alicyclic amines) is 1. The summed E-state index contributed by atoms with van der Waals surface area (Å²) in [5, 5.41) is 4.17. The van der Waals surface area contributed by atoms with E-state index in [2.05, 4.69) is 5.32 Å². The number of carbonyl (C=O) groups excluding carboxylic acids is 2. The predicted molar refractivity (Wildman–Crippen MR) is 72.0 cm³/mol. The van der Waals surface area contributed by atoms with Crippen molar-refractivity contribution in [3.63, 3.8) is 0 Å². The first-order chi connectivity index (χ1) is 9.88. The zero-order valence-electron chi connectivity index (χ0n) is 11.2. The predicted octanol–water partition coefficient (Wildman–Crippen LogP) is 2.28. The zero-order chi connectivity index (χ0) is 15.5. The molecule has 1 aromatic rings. The van der Waals surface area contributed by atoms with Crippen molar-refractivity contribution in [2.45, 2.75) is 19.0 Å². The summed E-state index contributed by atoms with van der Waals surface area (Å²) < 4.78 is 38.0. The highest BCUT2D eigenvalue weighted by Crippen LogP contribution is 2.33. The van der Waals surface area contributed by atoms with Crippen LogP contribution in [0.25, 0.3) is 0 Å². The van der Waals surface area contributed by atoms with E-state index in [4.69, 9.17) is 0 Å². The number of nitrogens with one attached hydrogen (secondary N) is 1. The SMILES string of the molecule is O=C(NCC(=O)N1CCC[C@H](C(F)(F)F)C1)c1cccs1. The van der Waals surface area contributed by atoms with Gasteiger partial charge in [-0.3, -0.25) is 9.59 Å². The van der Waals surface area contributed by atoms with Gasteiger partial charge in [0.2, 0.25) is 5.91 Å². The van der Waals surface area contributed by atoms with E-state index in [0.717, 1.165) is 0 Å². The Morgan fingerprint density at radius 2 is 2.19 bits per heavy atom. The van der Waals surface area contributed by atoms with Gasteiger partial charge in [0.05, 0.1) is 17.3 Å². The maximum absolute atomic E-state index is 12.7. The molecule has 0 bridgehead atoms. The highest BCUT2D eigenvalue weighted by atomic mass is 32.1. The van der Waals surface area contributed by atoms with Crippen LogP contribution in [0.3, 0.4) is 0 Å². The maximum Gasteiger partial charge on any atom is 0.393 e. The van der Waals surface area contributed by atoms with Crippen molar-refractivity contribution in [3.8, 4) is 0 Å². The van der Waals surface area contributed by atoms with Crippen LogP contribution in [-0.4, -0.2) is 42.5 Å². The van der Waals surface area contributed by atoms with Gasteiger partial charge in [-0.25, -0.2) is 0 Å². The molecule has 0 aromatic carbocycles. The monoisotopic (exact) mass is 320 g/mol. The van der Waals surface area contributed by atoms with E-state index >= 15 is 0 Å². The molecule has 4 nitrogen and oxygen atoms in total.